The summed E-state index contributed by atoms with van der Waals surface area (Å²) in [6.45, 7) is 0.359. The highest BCUT2D eigenvalue weighted by atomic mass is 32.1. The standard InChI is InChI=1S/C19H19NO4S/c1-22-15-7-5-13(10-17(15)23-2)11-19(21)20-12-14-6-8-16(24-14)18-4-3-9-25-18/h3-10H,11-12H2,1-2H3,(H,20,21). The maximum Gasteiger partial charge on any atom is 0.224 e. The molecule has 5 nitrogen and oxygen atoms in total. The van der Waals surface area contributed by atoms with Crippen molar-refractivity contribution in [1.29, 1.82) is 0 Å². The van der Waals surface area contributed by atoms with Gasteiger partial charge in [0, 0.05) is 0 Å². The Balaban J connectivity index is 1.56. The van der Waals surface area contributed by atoms with E-state index in [0.29, 0.717) is 18.0 Å². The summed E-state index contributed by atoms with van der Waals surface area (Å²) in [6.07, 6.45) is 0.263. The van der Waals surface area contributed by atoms with Crippen LogP contribution in [0.15, 0.2) is 52.3 Å². The largest absolute Gasteiger partial charge is 0.493 e. The van der Waals surface area contributed by atoms with Crippen LogP contribution < -0.4 is 14.8 Å². The van der Waals surface area contributed by atoms with Gasteiger partial charge < -0.3 is 19.2 Å². The van der Waals surface area contributed by atoms with Gasteiger partial charge in [-0.15, -0.1) is 11.3 Å². The third kappa shape index (κ3) is 4.22. The van der Waals surface area contributed by atoms with Crippen molar-refractivity contribution in [2.24, 2.45) is 0 Å². The van der Waals surface area contributed by atoms with Gasteiger partial charge in [-0.05, 0) is 41.3 Å². The number of carbonyl (C=O) groups excluding carboxylic acids is 1. The summed E-state index contributed by atoms with van der Waals surface area (Å²) in [6, 6.07) is 13.2. The van der Waals surface area contributed by atoms with E-state index in [4.69, 9.17) is 13.9 Å². The van der Waals surface area contributed by atoms with Crippen LogP contribution in [0, 0.1) is 0 Å². The van der Waals surface area contributed by atoms with Gasteiger partial charge in [-0.1, -0.05) is 12.1 Å². The molecule has 0 aliphatic heterocycles. The molecule has 0 fully saturated rings. The minimum absolute atomic E-state index is 0.0821. The van der Waals surface area contributed by atoms with Gasteiger partial charge in [-0.3, -0.25) is 4.79 Å². The van der Waals surface area contributed by atoms with E-state index in [-0.39, 0.29) is 12.3 Å². The first-order chi connectivity index (χ1) is 12.2. The molecule has 0 aliphatic rings. The Hall–Kier alpha value is -2.73. The van der Waals surface area contributed by atoms with Crippen molar-refractivity contribution in [1.82, 2.24) is 5.32 Å². The molecule has 2 heterocycles. The minimum Gasteiger partial charge on any atom is -0.493 e. The molecule has 0 saturated carbocycles. The quantitative estimate of drug-likeness (QED) is 0.697. The first kappa shape index (κ1) is 17.1. The highest BCUT2D eigenvalue weighted by Crippen LogP contribution is 2.28. The molecule has 0 unspecified atom stereocenters. The van der Waals surface area contributed by atoms with Crippen molar-refractivity contribution in [2.75, 3.05) is 14.2 Å². The van der Waals surface area contributed by atoms with Crippen molar-refractivity contribution in [3.05, 3.63) is 59.2 Å². The lowest BCUT2D eigenvalue weighted by Gasteiger charge is -2.09. The van der Waals surface area contributed by atoms with E-state index >= 15 is 0 Å². The Morgan fingerprint density at radius 3 is 2.68 bits per heavy atom. The number of nitrogens with one attached hydrogen (secondary N) is 1. The van der Waals surface area contributed by atoms with Crippen LogP contribution in [0.1, 0.15) is 11.3 Å². The predicted octanol–water partition coefficient (Wildman–Crippen LogP) is 3.88. The summed E-state index contributed by atoms with van der Waals surface area (Å²) in [4.78, 5) is 13.2. The third-order valence-electron chi connectivity index (χ3n) is 3.70. The van der Waals surface area contributed by atoms with Crippen LogP contribution >= 0.6 is 11.3 Å². The van der Waals surface area contributed by atoms with Crippen LogP contribution in [0.2, 0.25) is 0 Å². The van der Waals surface area contributed by atoms with Gasteiger partial charge >= 0.3 is 0 Å². The zero-order valence-corrected chi connectivity index (χ0v) is 14.9. The Labute approximate surface area is 150 Å². The number of ether oxygens (including phenoxy) is 2. The highest BCUT2D eigenvalue weighted by molar-refractivity contribution is 7.13. The van der Waals surface area contributed by atoms with Gasteiger partial charge in [-0.2, -0.15) is 0 Å². The van der Waals surface area contributed by atoms with Crippen molar-refractivity contribution >= 4 is 17.2 Å². The summed E-state index contributed by atoms with van der Waals surface area (Å²) in [5.41, 5.74) is 0.855. The predicted molar refractivity (Wildman–Crippen MR) is 97.1 cm³/mol. The van der Waals surface area contributed by atoms with Crippen molar-refractivity contribution in [3.63, 3.8) is 0 Å². The SMILES string of the molecule is COc1ccc(CC(=O)NCc2ccc(-c3cccs3)o2)cc1OC. The molecule has 3 rings (SSSR count). The molecule has 0 aliphatic carbocycles. The van der Waals surface area contributed by atoms with Crippen molar-refractivity contribution in [3.8, 4) is 22.1 Å². The maximum absolute atomic E-state index is 12.2. The van der Waals surface area contributed by atoms with Crippen molar-refractivity contribution in [2.45, 2.75) is 13.0 Å². The Bertz CT molecular complexity index is 839. The number of thiophene rings is 1. The van der Waals surface area contributed by atoms with E-state index in [9.17, 15) is 4.79 Å². The van der Waals surface area contributed by atoms with Gasteiger partial charge in [0.05, 0.1) is 32.1 Å². The fraction of sp³-hybridized carbons (Fsp3) is 0.211. The Kier molecular flexibility index (Phi) is 5.40. The van der Waals surface area contributed by atoms with Gasteiger partial charge in [0.2, 0.25) is 5.91 Å². The molecule has 1 N–H and O–H groups in total. The van der Waals surface area contributed by atoms with E-state index in [0.717, 1.165) is 22.0 Å². The summed E-state index contributed by atoms with van der Waals surface area (Å²) >= 11 is 1.62. The smallest absolute Gasteiger partial charge is 0.224 e. The van der Waals surface area contributed by atoms with E-state index < -0.39 is 0 Å². The molecule has 0 spiro atoms. The number of benzene rings is 1. The van der Waals surface area contributed by atoms with Gasteiger partial charge in [0.15, 0.2) is 11.5 Å². The molecular weight excluding hydrogens is 338 g/mol. The molecule has 0 bridgehead atoms. The molecule has 0 atom stereocenters. The molecular formula is C19H19NO4S. The van der Waals surface area contributed by atoms with Crippen molar-refractivity contribution < 1.29 is 18.7 Å². The van der Waals surface area contributed by atoms with E-state index in [1.807, 2.05) is 35.7 Å². The van der Waals surface area contributed by atoms with Crippen LogP contribution in [0.25, 0.3) is 10.6 Å². The van der Waals surface area contributed by atoms with Gasteiger partial charge in [0.1, 0.15) is 11.5 Å². The summed E-state index contributed by atoms with van der Waals surface area (Å²) in [5, 5.41) is 4.87. The number of methoxy groups -OCH3 is 2. The number of rotatable bonds is 7. The molecule has 6 heteroatoms. The molecule has 0 radical (unpaired) electrons. The molecule has 2 aromatic heterocycles. The lowest BCUT2D eigenvalue weighted by Crippen LogP contribution is -2.24. The number of carbonyl (C=O) groups is 1. The molecule has 1 amide bonds. The molecule has 25 heavy (non-hydrogen) atoms. The Morgan fingerprint density at radius 2 is 1.96 bits per heavy atom. The zero-order valence-electron chi connectivity index (χ0n) is 14.1. The Morgan fingerprint density at radius 1 is 1.12 bits per heavy atom. The number of furan rings is 1. The topological polar surface area (TPSA) is 60.7 Å². The first-order valence-electron chi connectivity index (χ1n) is 7.80. The fourth-order valence-electron chi connectivity index (χ4n) is 2.45. The van der Waals surface area contributed by atoms with Crippen LogP contribution in [0.3, 0.4) is 0 Å². The summed E-state index contributed by atoms with van der Waals surface area (Å²) < 4.78 is 16.2. The van der Waals surface area contributed by atoms with Crippen LogP contribution in [0.4, 0.5) is 0 Å². The van der Waals surface area contributed by atoms with Crippen LogP contribution in [-0.2, 0) is 17.8 Å². The number of hydrogen-bond acceptors (Lipinski definition) is 5. The van der Waals surface area contributed by atoms with Gasteiger partial charge in [-0.25, -0.2) is 0 Å². The molecule has 130 valence electrons. The van der Waals surface area contributed by atoms with Crippen LogP contribution in [-0.4, -0.2) is 20.1 Å². The molecule has 3 aromatic rings. The lowest BCUT2D eigenvalue weighted by atomic mass is 10.1. The molecule has 1 aromatic carbocycles. The number of amides is 1. The second-order valence-electron chi connectivity index (χ2n) is 5.39. The third-order valence-corrected chi connectivity index (χ3v) is 4.58. The second-order valence-corrected chi connectivity index (χ2v) is 6.33. The van der Waals surface area contributed by atoms with E-state index in [1.54, 1.807) is 37.7 Å². The molecule has 0 saturated heterocycles. The van der Waals surface area contributed by atoms with Crippen LogP contribution in [0.5, 0.6) is 11.5 Å². The maximum atomic E-state index is 12.2. The lowest BCUT2D eigenvalue weighted by molar-refractivity contribution is -0.120. The van der Waals surface area contributed by atoms with E-state index in [2.05, 4.69) is 5.32 Å². The summed E-state index contributed by atoms with van der Waals surface area (Å²) in [5.74, 6) is 2.72. The highest BCUT2D eigenvalue weighted by Gasteiger charge is 2.10. The average molecular weight is 357 g/mol. The second kappa shape index (κ2) is 7.90. The van der Waals surface area contributed by atoms with E-state index in [1.165, 1.54) is 0 Å². The van der Waals surface area contributed by atoms with Gasteiger partial charge in [0.25, 0.3) is 0 Å². The fourth-order valence-corrected chi connectivity index (χ4v) is 3.14. The first-order valence-corrected chi connectivity index (χ1v) is 8.67. The monoisotopic (exact) mass is 357 g/mol. The average Bonchev–Trinajstić information content (AvgIpc) is 3.31. The number of hydrogen-bond donors (Lipinski definition) is 1. The minimum atomic E-state index is -0.0821. The zero-order chi connectivity index (χ0) is 17.6. The normalized spacial score (nSPS) is 10.5. The summed E-state index contributed by atoms with van der Waals surface area (Å²) in [7, 11) is 3.15.